The lowest BCUT2D eigenvalue weighted by molar-refractivity contribution is -0.149. The Morgan fingerprint density at radius 1 is 1.12 bits per heavy atom. The van der Waals surface area contributed by atoms with Crippen LogP contribution in [-0.2, 0) is 28.7 Å². The number of hydrogen-bond donors (Lipinski definition) is 2. The largest absolute Gasteiger partial charge is 0.463 e. The van der Waals surface area contributed by atoms with E-state index in [1.54, 1.807) is 17.1 Å². The van der Waals surface area contributed by atoms with Crippen LogP contribution in [0.5, 0.6) is 0 Å². The van der Waals surface area contributed by atoms with Gasteiger partial charge in [0.2, 0.25) is 17.7 Å². The Hall–Kier alpha value is -3.50. The Morgan fingerprint density at radius 3 is 2.63 bits per heavy atom. The minimum atomic E-state index is -1.31. The minimum Gasteiger partial charge on any atom is -0.463 e. The Balaban J connectivity index is 1.55. The number of nitrogens with one attached hydrogen (secondary N) is 1. The summed E-state index contributed by atoms with van der Waals surface area (Å²) in [5.41, 5.74) is -0.555. The van der Waals surface area contributed by atoms with E-state index in [1.807, 2.05) is 56.3 Å². The highest BCUT2D eigenvalue weighted by atomic mass is 16.5. The van der Waals surface area contributed by atoms with Crippen molar-refractivity contribution < 1.29 is 33.8 Å². The zero-order valence-electron chi connectivity index (χ0n) is 23.6. The molecule has 1 spiro atoms. The van der Waals surface area contributed by atoms with E-state index < -0.39 is 41.5 Å². The number of amides is 3. The summed E-state index contributed by atoms with van der Waals surface area (Å²) in [6, 6.07) is 7.44. The van der Waals surface area contributed by atoms with Crippen molar-refractivity contribution in [3.63, 3.8) is 0 Å². The summed E-state index contributed by atoms with van der Waals surface area (Å²) in [5.74, 6) is -3.27. The minimum absolute atomic E-state index is 0.0435. The third-order valence-electron chi connectivity index (χ3n) is 8.69. The van der Waals surface area contributed by atoms with Gasteiger partial charge in [-0.2, -0.15) is 0 Å². The van der Waals surface area contributed by atoms with E-state index in [4.69, 9.17) is 9.47 Å². The molecular weight excluding hydrogens is 526 g/mol. The summed E-state index contributed by atoms with van der Waals surface area (Å²) in [5, 5.41) is 12.9. The van der Waals surface area contributed by atoms with Gasteiger partial charge in [0.25, 0.3) is 0 Å². The molecule has 4 heterocycles. The highest BCUT2D eigenvalue weighted by Gasteiger charge is 2.73. The Bertz CT molecular complexity index is 1220. The number of hydrogen-bond acceptors (Lipinski definition) is 7. The highest BCUT2D eigenvalue weighted by Crippen LogP contribution is 2.55. The van der Waals surface area contributed by atoms with Gasteiger partial charge in [-0.25, -0.2) is 0 Å². The standard InChI is InChI=1S/C31H39N3O7/c1-3-10-20(2)33-16-9-5-8-13-24(36)40-19-22(21-11-6-4-7-12-21)32-28(37)25-23-14-15-31(41-23)26(25)29(38)34(17-18-35)27(31)30(33)39/h4-7,9,11-12,14-15,20,22-23,25-27,35H,3,8,10,13,16-19H2,1-2H3,(H,32,37)/b9-5-/t20?,22-,23-,25+,26+,27-,31+/m1/s1. The average molecular weight is 566 g/mol. The smallest absolute Gasteiger partial charge is 0.306 e. The maximum Gasteiger partial charge on any atom is 0.306 e. The number of nitrogens with zero attached hydrogens (tertiary/aromatic N) is 2. The van der Waals surface area contributed by atoms with E-state index in [9.17, 15) is 24.3 Å². The van der Waals surface area contributed by atoms with Gasteiger partial charge in [0, 0.05) is 25.6 Å². The van der Waals surface area contributed by atoms with Crippen molar-refractivity contribution in [2.75, 3.05) is 26.3 Å². The highest BCUT2D eigenvalue weighted by molar-refractivity contribution is 6.00. The first-order valence-corrected chi connectivity index (χ1v) is 14.6. The third-order valence-corrected chi connectivity index (χ3v) is 8.69. The number of esters is 1. The fourth-order valence-electron chi connectivity index (χ4n) is 6.74. The molecule has 0 aromatic heterocycles. The number of carbonyl (C=O) groups excluding carboxylic acids is 4. The number of benzene rings is 1. The van der Waals surface area contributed by atoms with E-state index in [1.165, 1.54) is 4.90 Å². The van der Waals surface area contributed by atoms with Gasteiger partial charge in [0.15, 0.2) is 0 Å². The monoisotopic (exact) mass is 565 g/mol. The molecule has 10 nitrogen and oxygen atoms in total. The van der Waals surface area contributed by atoms with Crippen LogP contribution >= 0.6 is 0 Å². The molecule has 1 unspecified atom stereocenters. The molecule has 220 valence electrons. The second-order valence-corrected chi connectivity index (χ2v) is 11.2. The number of likely N-dealkylation sites (tertiary alicyclic amines) is 1. The molecule has 1 aromatic carbocycles. The van der Waals surface area contributed by atoms with E-state index in [0.29, 0.717) is 13.0 Å². The Labute approximate surface area is 240 Å². The number of fused-ring (bicyclic) bond motifs is 2. The molecule has 1 aromatic rings. The van der Waals surface area contributed by atoms with Gasteiger partial charge in [0.1, 0.15) is 18.2 Å². The van der Waals surface area contributed by atoms with Crippen LogP contribution in [0.15, 0.2) is 54.6 Å². The van der Waals surface area contributed by atoms with Crippen LogP contribution in [0.1, 0.15) is 51.1 Å². The van der Waals surface area contributed by atoms with Gasteiger partial charge in [-0.05, 0) is 25.3 Å². The maximum absolute atomic E-state index is 14.4. The van der Waals surface area contributed by atoms with Gasteiger partial charge < -0.3 is 29.7 Å². The summed E-state index contributed by atoms with van der Waals surface area (Å²) >= 11 is 0. The fourth-order valence-corrected chi connectivity index (χ4v) is 6.74. The molecule has 3 amide bonds. The lowest BCUT2D eigenvalue weighted by Gasteiger charge is -2.38. The number of aliphatic hydroxyl groups excluding tert-OH is 1. The van der Waals surface area contributed by atoms with Crippen LogP contribution in [0, 0.1) is 11.8 Å². The molecule has 0 radical (unpaired) electrons. The quantitative estimate of drug-likeness (QED) is 0.399. The molecule has 5 rings (SSSR count). The van der Waals surface area contributed by atoms with Crippen molar-refractivity contribution in [2.45, 2.75) is 69.4 Å². The van der Waals surface area contributed by atoms with Crippen molar-refractivity contribution >= 4 is 23.7 Å². The summed E-state index contributed by atoms with van der Waals surface area (Å²) in [6.07, 6.45) is 8.79. The van der Waals surface area contributed by atoms with Crippen molar-refractivity contribution in [1.29, 1.82) is 0 Å². The van der Waals surface area contributed by atoms with Crippen LogP contribution in [0.25, 0.3) is 0 Å². The van der Waals surface area contributed by atoms with E-state index in [0.717, 1.165) is 18.4 Å². The molecule has 2 saturated heterocycles. The molecule has 7 atom stereocenters. The van der Waals surface area contributed by atoms with Crippen LogP contribution in [-0.4, -0.2) is 88.7 Å². The molecule has 4 aliphatic rings. The first-order valence-electron chi connectivity index (χ1n) is 14.6. The van der Waals surface area contributed by atoms with Crippen molar-refractivity contribution in [2.24, 2.45) is 11.8 Å². The lowest BCUT2D eigenvalue weighted by Crippen LogP contribution is -2.57. The van der Waals surface area contributed by atoms with Gasteiger partial charge in [-0.15, -0.1) is 0 Å². The van der Waals surface area contributed by atoms with Crippen molar-refractivity contribution in [1.82, 2.24) is 15.1 Å². The first-order chi connectivity index (χ1) is 19.8. The molecule has 0 saturated carbocycles. The van der Waals surface area contributed by atoms with Crippen LogP contribution in [0.4, 0.5) is 0 Å². The second-order valence-electron chi connectivity index (χ2n) is 11.2. The van der Waals surface area contributed by atoms with Crippen molar-refractivity contribution in [3.8, 4) is 0 Å². The molecule has 5 bridgehead atoms. The van der Waals surface area contributed by atoms with Crippen LogP contribution < -0.4 is 5.32 Å². The topological polar surface area (TPSA) is 125 Å². The SMILES string of the molecule is CCCC(C)N1C/C=C\CCC(=O)OC[C@H](c2ccccc2)NC(=O)[C@@H]2[C@H]3C(=O)N(CCO)[C@H](C1=O)[C@]31C=C[C@H]2O1. The number of rotatable bonds is 6. The van der Waals surface area contributed by atoms with Crippen LogP contribution in [0.2, 0.25) is 0 Å². The summed E-state index contributed by atoms with van der Waals surface area (Å²) in [4.78, 5) is 57.9. The average Bonchev–Trinajstić information content (AvgIpc) is 3.60. The lowest BCUT2D eigenvalue weighted by atomic mass is 9.74. The predicted molar refractivity (Wildman–Crippen MR) is 149 cm³/mol. The van der Waals surface area contributed by atoms with E-state index in [-0.39, 0.29) is 50.0 Å². The molecule has 10 heteroatoms. The first kappa shape index (κ1) is 29.0. The maximum atomic E-state index is 14.4. The van der Waals surface area contributed by atoms with Gasteiger partial charge >= 0.3 is 5.97 Å². The zero-order chi connectivity index (χ0) is 29.1. The number of aliphatic hydroxyl groups is 1. The summed E-state index contributed by atoms with van der Waals surface area (Å²) < 4.78 is 12.0. The summed E-state index contributed by atoms with van der Waals surface area (Å²) in [6.45, 7) is 3.88. The van der Waals surface area contributed by atoms with E-state index >= 15 is 0 Å². The molecule has 0 aliphatic carbocycles. The van der Waals surface area contributed by atoms with Gasteiger partial charge in [-0.3, -0.25) is 19.2 Å². The fraction of sp³-hybridized carbons (Fsp3) is 0.548. The number of ether oxygens (including phenoxy) is 2. The normalized spacial score (nSPS) is 33.5. The Morgan fingerprint density at radius 2 is 1.90 bits per heavy atom. The van der Waals surface area contributed by atoms with Crippen LogP contribution in [0.3, 0.4) is 0 Å². The predicted octanol–water partition coefficient (Wildman–Crippen LogP) is 1.90. The molecular formula is C31H39N3O7. The van der Waals surface area contributed by atoms with Gasteiger partial charge in [-0.1, -0.05) is 68.0 Å². The zero-order valence-corrected chi connectivity index (χ0v) is 23.6. The molecule has 41 heavy (non-hydrogen) atoms. The number of cyclic esters (lactones) is 1. The third kappa shape index (κ3) is 5.30. The van der Waals surface area contributed by atoms with E-state index in [2.05, 4.69) is 5.32 Å². The number of β-amino-alcohol motifs (C(OH)–C–C–N with tert-alkyl or cyclic N) is 1. The molecule has 4 aliphatic heterocycles. The van der Waals surface area contributed by atoms with Crippen molar-refractivity contribution in [3.05, 3.63) is 60.2 Å². The van der Waals surface area contributed by atoms with Gasteiger partial charge in [0.05, 0.1) is 30.6 Å². The second kappa shape index (κ2) is 12.2. The Kier molecular flexibility index (Phi) is 8.60. The summed E-state index contributed by atoms with van der Waals surface area (Å²) in [7, 11) is 0. The molecule has 2 fully saturated rings. The number of carbonyl (C=O) groups is 4. The molecule has 2 N–H and O–H groups in total. The number of allylic oxidation sites excluding steroid dienone is 1.